The molecule has 1 N–H and O–H groups in total. The smallest absolute Gasteiger partial charge is 0.119 e. The Hall–Kier alpha value is -1.46. The van der Waals surface area contributed by atoms with Gasteiger partial charge < -0.3 is 4.74 Å². The zero-order valence-corrected chi connectivity index (χ0v) is 14.4. The summed E-state index contributed by atoms with van der Waals surface area (Å²) in [5.41, 5.74) is 0.718. The molecule has 0 fully saturated rings. The summed E-state index contributed by atoms with van der Waals surface area (Å²) >= 11 is 0. The minimum absolute atomic E-state index is 0.361. The molecule has 0 bridgehead atoms. The summed E-state index contributed by atoms with van der Waals surface area (Å²) in [6.45, 7) is 9.15. The standard InChI is InChI=1S/C17H24FNO2S/c1-6-7-16(19-22(20)17(2,3)4)15(18)12-13-8-10-14(21-5)11-9-13/h6,8-12,16,19H,1,7H2,2-5H3/b15-12-/t16-,22?/m0/s1. The average molecular weight is 325 g/mol. The molecule has 0 aliphatic rings. The number of ether oxygens (including phenoxy) is 1. The molecule has 0 saturated heterocycles. The van der Waals surface area contributed by atoms with Crippen molar-refractivity contribution in [3.05, 3.63) is 48.3 Å². The Morgan fingerprint density at radius 3 is 2.45 bits per heavy atom. The normalized spacial score (nSPS) is 15.2. The number of nitrogens with one attached hydrogen (secondary N) is 1. The van der Waals surface area contributed by atoms with Crippen LogP contribution >= 0.6 is 0 Å². The van der Waals surface area contributed by atoms with E-state index in [1.807, 2.05) is 20.8 Å². The molecule has 0 amide bonds. The molecule has 0 aliphatic heterocycles. The third kappa shape index (κ3) is 5.73. The molecule has 0 heterocycles. The molecule has 0 aromatic heterocycles. The van der Waals surface area contributed by atoms with E-state index in [9.17, 15) is 8.60 Å². The van der Waals surface area contributed by atoms with E-state index in [1.54, 1.807) is 37.5 Å². The maximum atomic E-state index is 14.5. The van der Waals surface area contributed by atoms with Crippen molar-refractivity contribution in [2.24, 2.45) is 0 Å². The highest BCUT2D eigenvalue weighted by atomic mass is 32.2. The summed E-state index contributed by atoms with van der Waals surface area (Å²) < 4.78 is 34.0. The van der Waals surface area contributed by atoms with Crippen molar-refractivity contribution < 1.29 is 13.3 Å². The molecule has 1 unspecified atom stereocenters. The lowest BCUT2D eigenvalue weighted by molar-refractivity contribution is 0.415. The molecule has 3 nitrogen and oxygen atoms in total. The number of methoxy groups -OCH3 is 1. The van der Waals surface area contributed by atoms with Crippen molar-refractivity contribution in [3.63, 3.8) is 0 Å². The summed E-state index contributed by atoms with van der Waals surface area (Å²) in [6, 6.07) is 6.42. The second-order valence-electron chi connectivity index (χ2n) is 5.88. The lowest BCUT2D eigenvalue weighted by Crippen LogP contribution is -2.40. The molecule has 0 aliphatic carbocycles. The Morgan fingerprint density at radius 1 is 1.41 bits per heavy atom. The molecule has 1 aromatic rings. The quantitative estimate of drug-likeness (QED) is 0.770. The van der Waals surface area contributed by atoms with Gasteiger partial charge in [0.15, 0.2) is 0 Å². The summed E-state index contributed by atoms with van der Waals surface area (Å²) in [7, 11) is 0.229. The fraction of sp³-hybridized carbons (Fsp3) is 0.412. The highest BCUT2D eigenvalue weighted by Gasteiger charge is 2.24. The zero-order valence-electron chi connectivity index (χ0n) is 13.6. The van der Waals surface area contributed by atoms with Crippen molar-refractivity contribution in [2.75, 3.05) is 7.11 Å². The van der Waals surface area contributed by atoms with E-state index in [2.05, 4.69) is 11.3 Å². The van der Waals surface area contributed by atoms with Crippen molar-refractivity contribution in [1.82, 2.24) is 4.72 Å². The van der Waals surface area contributed by atoms with Gasteiger partial charge in [-0.05, 0) is 51.0 Å². The van der Waals surface area contributed by atoms with Crippen LogP contribution in [0.2, 0.25) is 0 Å². The molecule has 0 saturated carbocycles. The third-order valence-electron chi connectivity index (χ3n) is 2.96. The van der Waals surface area contributed by atoms with Crippen LogP contribution in [0.5, 0.6) is 5.75 Å². The van der Waals surface area contributed by atoms with Crippen molar-refractivity contribution in [2.45, 2.75) is 38.0 Å². The van der Waals surface area contributed by atoms with Gasteiger partial charge in [-0.25, -0.2) is 13.3 Å². The fourth-order valence-electron chi connectivity index (χ4n) is 1.65. The molecule has 1 aromatic carbocycles. The minimum atomic E-state index is -1.35. The van der Waals surface area contributed by atoms with E-state index in [0.717, 1.165) is 5.56 Å². The van der Waals surface area contributed by atoms with Gasteiger partial charge >= 0.3 is 0 Å². The molecule has 122 valence electrons. The highest BCUT2D eigenvalue weighted by Crippen LogP contribution is 2.19. The van der Waals surface area contributed by atoms with Crippen LogP contribution in [0.25, 0.3) is 6.08 Å². The van der Waals surface area contributed by atoms with Gasteiger partial charge in [-0.2, -0.15) is 0 Å². The van der Waals surface area contributed by atoms with Gasteiger partial charge in [0, 0.05) is 0 Å². The molecule has 1 rings (SSSR count). The predicted molar refractivity (Wildman–Crippen MR) is 91.7 cm³/mol. The molecule has 2 atom stereocenters. The number of rotatable bonds is 7. The van der Waals surface area contributed by atoms with Crippen LogP contribution in [0.1, 0.15) is 32.8 Å². The second kappa shape index (κ2) is 8.25. The number of hydrogen-bond donors (Lipinski definition) is 1. The first-order valence-electron chi connectivity index (χ1n) is 7.08. The van der Waals surface area contributed by atoms with E-state index >= 15 is 0 Å². The molecular weight excluding hydrogens is 301 g/mol. The first-order chi connectivity index (χ1) is 10.3. The Kier molecular flexibility index (Phi) is 6.97. The van der Waals surface area contributed by atoms with Crippen molar-refractivity contribution in [1.29, 1.82) is 0 Å². The Balaban J connectivity index is 2.91. The number of benzene rings is 1. The molecule has 5 heteroatoms. The minimum Gasteiger partial charge on any atom is -0.497 e. The number of hydrogen-bond acceptors (Lipinski definition) is 2. The van der Waals surface area contributed by atoms with Gasteiger partial charge in [-0.1, -0.05) is 18.2 Å². The predicted octanol–water partition coefficient (Wildman–Crippen LogP) is 4.00. The van der Waals surface area contributed by atoms with Gasteiger partial charge in [0.25, 0.3) is 0 Å². The monoisotopic (exact) mass is 325 g/mol. The summed E-state index contributed by atoms with van der Waals surface area (Å²) in [4.78, 5) is 0. The fourth-order valence-corrected chi connectivity index (χ4v) is 2.47. The van der Waals surface area contributed by atoms with Gasteiger partial charge in [-0.3, -0.25) is 0 Å². The van der Waals surface area contributed by atoms with E-state index in [4.69, 9.17) is 4.74 Å². The Bertz CT molecular complexity index is 547. The van der Waals surface area contributed by atoms with Crippen LogP contribution in [0.3, 0.4) is 0 Å². The van der Waals surface area contributed by atoms with E-state index < -0.39 is 21.8 Å². The van der Waals surface area contributed by atoms with Crippen LogP contribution in [0.15, 0.2) is 42.7 Å². The van der Waals surface area contributed by atoms with Gasteiger partial charge in [-0.15, -0.1) is 6.58 Å². The topological polar surface area (TPSA) is 38.3 Å². The van der Waals surface area contributed by atoms with Crippen LogP contribution in [-0.2, 0) is 11.0 Å². The lowest BCUT2D eigenvalue weighted by Gasteiger charge is -2.22. The van der Waals surface area contributed by atoms with E-state index in [0.29, 0.717) is 12.2 Å². The van der Waals surface area contributed by atoms with E-state index in [-0.39, 0.29) is 5.83 Å². The van der Waals surface area contributed by atoms with Gasteiger partial charge in [0.05, 0.1) is 28.9 Å². The zero-order chi connectivity index (χ0) is 16.8. The Morgan fingerprint density at radius 2 is 2.00 bits per heavy atom. The molecular formula is C17H24FNO2S. The third-order valence-corrected chi connectivity index (χ3v) is 4.57. The first-order valence-corrected chi connectivity index (χ1v) is 8.23. The van der Waals surface area contributed by atoms with Crippen LogP contribution < -0.4 is 9.46 Å². The summed E-state index contributed by atoms with van der Waals surface area (Å²) in [5.74, 6) is 0.342. The second-order valence-corrected chi connectivity index (χ2v) is 7.88. The first kappa shape index (κ1) is 18.6. The van der Waals surface area contributed by atoms with Crippen molar-refractivity contribution in [3.8, 4) is 5.75 Å². The van der Waals surface area contributed by atoms with Crippen LogP contribution in [-0.4, -0.2) is 22.1 Å². The van der Waals surface area contributed by atoms with Crippen molar-refractivity contribution >= 4 is 17.1 Å². The average Bonchev–Trinajstić information content (AvgIpc) is 2.46. The van der Waals surface area contributed by atoms with Crippen LogP contribution in [0.4, 0.5) is 4.39 Å². The largest absolute Gasteiger partial charge is 0.497 e. The lowest BCUT2D eigenvalue weighted by atomic mass is 10.1. The molecule has 0 spiro atoms. The maximum Gasteiger partial charge on any atom is 0.119 e. The van der Waals surface area contributed by atoms with Gasteiger partial charge in [0.2, 0.25) is 0 Å². The molecule has 0 radical (unpaired) electrons. The highest BCUT2D eigenvalue weighted by molar-refractivity contribution is 7.84. The summed E-state index contributed by atoms with van der Waals surface area (Å²) in [6.07, 6.45) is 3.40. The Labute approximate surface area is 134 Å². The maximum absolute atomic E-state index is 14.5. The number of halogens is 1. The SMILES string of the molecule is C=CC[C@H](NS(=O)C(C)(C)C)/C(F)=C/c1ccc(OC)cc1. The summed E-state index contributed by atoms with van der Waals surface area (Å²) in [5, 5.41) is 0. The van der Waals surface area contributed by atoms with Crippen LogP contribution in [0, 0.1) is 0 Å². The van der Waals surface area contributed by atoms with Gasteiger partial charge in [0.1, 0.15) is 11.6 Å². The van der Waals surface area contributed by atoms with E-state index in [1.165, 1.54) is 6.08 Å². The molecule has 22 heavy (non-hydrogen) atoms.